The molecule has 0 amide bonds. The van der Waals surface area contributed by atoms with E-state index in [1.807, 2.05) is 0 Å². The van der Waals surface area contributed by atoms with Crippen molar-refractivity contribution < 1.29 is 0 Å². The molecule has 0 heterocycles. The van der Waals surface area contributed by atoms with Crippen LogP contribution in [0.3, 0.4) is 0 Å². The molecular formula is C14H31N. The first-order chi connectivity index (χ1) is 7.18. The molecule has 0 aliphatic rings. The molecule has 0 aliphatic heterocycles. The lowest BCUT2D eigenvalue weighted by molar-refractivity contribution is 0.243. The Bertz CT molecular complexity index is 133. The molecule has 0 aromatic heterocycles. The van der Waals surface area contributed by atoms with E-state index >= 15 is 0 Å². The summed E-state index contributed by atoms with van der Waals surface area (Å²) in [5.41, 5.74) is 6.13. The number of hydrogen-bond donors (Lipinski definition) is 1. The second kappa shape index (κ2) is 9.21. The third-order valence-corrected chi connectivity index (χ3v) is 3.72. The van der Waals surface area contributed by atoms with Crippen LogP contribution in [0.25, 0.3) is 0 Å². The van der Waals surface area contributed by atoms with Crippen LogP contribution >= 0.6 is 0 Å². The fourth-order valence-electron chi connectivity index (χ4n) is 2.15. The largest absolute Gasteiger partial charge is 0.330 e. The second-order valence-corrected chi connectivity index (χ2v) is 5.22. The summed E-state index contributed by atoms with van der Waals surface area (Å²) >= 11 is 0. The molecule has 0 aromatic carbocycles. The van der Waals surface area contributed by atoms with E-state index in [4.69, 9.17) is 5.73 Å². The van der Waals surface area contributed by atoms with Crippen molar-refractivity contribution in [3.05, 3.63) is 0 Å². The van der Waals surface area contributed by atoms with Crippen LogP contribution in [0.5, 0.6) is 0 Å². The predicted octanol–water partition coefficient (Wildman–Crippen LogP) is 4.50. The zero-order valence-electron chi connectivity index (χ0n) is 11.1. The monoisotopic (exact) mass is 213 g/mol. The minimum atomic E-state index is 0.586. The van der Waals surface area contributed by atoms with Crippen molar-refractivity contribution in [1.29, 1.82) is 0 Å². The minimum Gasteiger partial charge on any atom is -0.330 e. The van der Waals surface area contributed by atoms with Crippen molar-refractivity contribution in [2.75, 3.05) is 6.54 Å². The van der Waals surface area contributed by atoms with Crippen LogP contribution in [0.4, 0.5) is 0 Å². The zero-order valence-corrected chi connectivity index (χ0v) is 11.1. The van der Waals surface area contributed by atoms with Gasteiger partial charge in [0.1, 0.15) is 0 Å². The van der Waals surface area contributed by atoms with Gasteiger partial charge < -0.3 is 5.73 Å². The number of nitrogens with two attached hydrogens (primary N) is 1. The van der Waals surface area contributed by atoms with Crippen molar-refractivity contribution in [2.24, 2.45) is 11.1 Å². The summed E-state index contributed by atoms with van der Waals surface area (Å²) in [6, 6.07) is 0. The number of unbranched alkanes of at least 4 members (excludes halogenated alkanes) is 4. The van der Waals surface area contributed by atoms with Crippen LogP contribution in [0, 0.1) is 5.41 Å². The summed E-state index contributed by atoms with van der Waals surface area (Å²) in [4.78, 5) is 0. The molecule has 0 saturated carbocycles. The quantitative estimate of drug-likeness (QED) is 0.531. The number of hydrogen-bond acceptors (Lipinski definition) is 1. The molecule has 0 rings (SSSR count). The normalized spacial score (nSPS) is 15.2. The number of rotatable bonds is 10. The standard InChI is InChI=1S/C14H31N/c1-4-6-7-8-11-14(3,5-2)12-9-10-13-15/h4-13,15H2,1-3H3. The van der Waals surface area contributed by atoms with E-state index in [-0.39, 0.29) is 0 Å². The highest BCUT2D eigenvalue weighted by atomic mass is 14.5. The molecule has 0 aliphatic carbocycles. The van der Waals surface area contributed by atoms with Crippen LogP contribution in [0.15, 0.2) is 0 Å². The molecule has 92 valence electrons. The molecule has 2 N–H and O–H groups in total. The third-order valence-electron chi connectivity index (χ3n) is 3.72. The zero-order chi connectivity index (χ0) is 11.6. The lowest BCUT2D eigenvalue weighted by Crippen LogP contribution is -2.15. The summed E-state index contributed by atoms with van der Waals surface area (Å²) in [5, 5.41) is 0. The van der Waals surface area contributed by atoms with Crippen molar-refractivity contribution >= 4 is 0 Å². The topological polar surface area (TPSA) is 26.0 Å². The fraction of sp³-hybridized carbons (Fsp3) is 1.00. The highest BCUT2D eigenvalue weighted by molar-refractivity contribution is 4.72. The van der Waals surface area contributed by atoms with Crippen molar-refractivity contribution in [2.45, 2.75) is 78.6 Å². The SMILES string of the molecule is CCCCCCC(C)(CC)CCCCN. The van der Waals surface area contributed by atoms with Gasteiger partial charge in [-0.15, -0.1) is 0 Å². The van der Waals surface area contributed by atoms with Crippen LogP contribution < -0.4 is 5.73 Å². The molecular weight excluding hydrogens is 182 g/mol. The summed E-state index contributed by atoms with van der Waals surface area (Å²) in [7, 11) is 0. The van der Waals surface area contributed by atoms with Gasteiger partial charge in [0.15, 0.2) is 0 Å². The minimum absolute atomic E-state index is 0.586. The highest BCUT2D eigenvalue weighted by Gasteiger charge is 2.20. The van der Waals surface area contributed by atoms with Gasteiger partial charge in [0.25, 0.3) is 0 Å². The molecule has 0 saturated heterocycles. The van der Waals surface area contributed by atoms with Crippen LogP contribution in [0.1, 0.15) is 78.6 Å². The van der Waals surface area contributed by atoms with E-state index in [1.54, 1.807) is 0 Å². The average Bonchev–Trinajstić information content (AvgIpc) is 2.25. The molecule has 1 nitrogen and oxygen atoms in total. The Morgan fingerprint density at radius 2 is 1.47 bits per heavy atom. The Morgan fingerprint density at radius 3 is 1.93 bits per heavy atom. The summed E-state index contributed by atoms with van der Waals surface area (Å²) in [5.74, 6) is 0. The maximum atomic E-state index is 5.54. The Labute approximate surface area is 96.8 Å². The first-order valence-electron chi connectivity index (χ1n) is 6.88. The van der Waals surface area contributed by atoms with E-state index in [9.17, 15) is 0 Å². The van der Waals surface area contributed by atoms with Crippen LogP contribution in [0.2, 0.25) is 0 Å². The Morgan fingerprint density at radius 1 is 0.867 bits per heavy atom. The molecule has 15 heavy (non-hydrogen) atoms. The van der Waals surface area contributed by atoms with Gasteiger partial charge in [0.05, 0.1) is 0 Å². The van der Waals surface area contributed by atoms with Crippen molar-refractivity contribution in [3.63, 3.8) is 0 Å². The van der Waals surface area contributed by atoms with Gasteiger partial charge in [-0.05, 0) is 31.2 Å². The van der Waals surface area contributed by atoms with Crippen molar-refractivity contribution in [3.8, 4) is 0 Å². The lowest BCUT2D eigenvalue weighted by Gasteiger charge is -2.28. The lowest BCUT2D eigenvalue weighted by atomic mass is 9.78. The third kappa shape index (κ3) is 7.84. The molecule has 0 radical (unpaired) electrons. The maximum Gasteiger partial charge on any atom is -0.00773 e. The summed E-state index contributed by atoms with van der Waals surface area (Å²) in [6.45, 7) is 7.92. The van der Waals surface area contributed by atoms with Gasteiger partial charge in [-0.2, -0.15) is 0 Å². The summed E-state index contributed by atoms with van der Waals surface area (Å²) in [6.07, 6.45) is 12.2. The van der Waals surface area contributed by atoms with Gasteiger partial charge >= 0.3 is 0 Å². The first kappa shape index (κ1) is 15.0. The van der Waals surface area contributed by atoms with E-state index in [0.717, 1.165) is 6.54 Å². The van der Waals surface area contributed by atoms with E-state index in [0.29, 0.717) is 5.41 Å². The maximum absolute atomic E-state index is 5.54. The Balaban J connectivity index is 3.65. The molecule has 0 spiro atoms. The van der Waals surface area contributed by atoms with Gasteiger partial charge in [0.2, 0.25) is 0 Å². The van der Waals surface area contributed by atoms with E-state index in [1.165, 1.54) is 57.8 Å². The molecule has 1 atom stereocenters. The van der Waals surface area contributed by atoms with Gasteiger partial charge in [-0.25, -0.2) is 0 Å². The molecule has 0 fully saturated rings. The van der Waals surface area contributed by atoms with Crippen molar-refractivity contribution in [1.82, 2.24) is 0 Å². The van der Waals surface area contributed by atoms with E-state index in [2.05, 4.69) is 20.8 Å². The smallest absolute Gasteiger partial charge is 0.00773 e. The van der Waals surface area contributed by atoms with Crippen LogP contribution in [-0.2, 0) is 0 Å². The molecule has 1 unspecified atom stereocenters. The van der Waals surface area contributed by atoms with Crippen LogP contribution in [-0.4, -0.2) is 6.54 Å². The first-order valence-corrected chi connectivity index (χ1v) is 6.88. The molecule has 1 heteroatoms. The Hall–Kier alpha value is -0.0400. The van der Waals surface area contributed by atoms with Gasteiger partial charge in [0, 0.05) is 0 Å². The van der Waals surface area contributed by atoms with E-state index < -0.39 is 0 Å². The predicted molar refractivity (Wildman–Crippen MR) is 70.1 cm³/mol. The van der Waals surface area contributed by atoms with Gasteiger partial charge in [-0.1, -0.05) is 59.3 Å². The molecule has 0 aromatic rings. The highest BCUT2D eigenvalue weighted by Crippen LogP contribution is 2.33. The van der Waals surface area contributed by atoms with Gasteiger partial charge in [-0.3, -0.25) is 0 Å². The Kier molecular flexibility index (Phi) is 9.18. The molecule has 0 bridgehead atoms. The fourth-order valence-corrected chi connectivity index (χ4v) is 2.15. The average molecular weight is 213 g/mol. The second-order valence-electron chi connectivity index (χ2n) is 5.22. The summed E-state index contributed by atoms with van der Waals surface area (Å²) < 4.78 is 0.